The van der Waals surface area contributed by atoms with Gasteiger partial charge in [-0.05, 0) is 95.9 Å². The fourth-order valence-corrected chi connectivity index (χ4v) is 4.92. The first-order valence-corrected chi connectivity index (χ1v) is 11.4. The van der Waals surface area contributed by atoms with E-state index in [0.29, 0.717) is 23.5 Å². The molecule has 3 nitrogen and oxygen atoms in total. The average molecular weight is 624 g/mol. The maximum Gasteiger partial charge on any atom is 0.197 e. The van der Waals surface area contributed by atoms with E-state index in [-0.39, 0.29) is 17.1 Å². The van der Waals surface area contributed by atoms with Crippen molar-refractivity contribution in [3.63, 3.8) is 0 Å². The van der Waals surface area contributed by atoms with Crippen LogP contribution in [0.3, 0.4) is 0 Å². The molecule has 6 heteroatoms. The van der Waals surface area contributed by atoms with Crippen molar-refractivity contribution in [3.8, 4) is 5.75 Å². The van der Waals surface area contributed by atoms with E-state index in [1.54, 1.807) is 30.3 Å². The van der Waals surface area contributed by atoms with Gasteiger partial charge in [-0.25, -0.2) is 0 Å². The van der Waals surface area contributed by atoms with Gasteiger partial charge in [0.2, 0.25) is 0 Å². The monoisotopic (exact) mass is 622 g/mol. The summed E-state index contributed by atoms with van der Waals surface area (Å²) in [4.78, 5) is 25.2. The Balaban J connectivity index is 1.59. The molecular weight excluding hydrogens is 611 g/mol. The molecular formula is C23H13Br2IO3. The Morgan fingerprint density at radius 2 is 1.41 bits per heavy atom. The normalized spacial score (nSPS) is 12.9. The Hall–Kier alpha value is -1.77. The van der Waals surface area contributed by atoms with Crippen LogP contribution in [-0.4, -0.2) is 11.6 Å². The highest BCUT2D eigenvalue weighted by molar-refractivity contribution is 14.1. The molecule has 0 aliphatic heterocycles. The molecule has 0 spiro atoms. The van der Waals surface area contributed by atoms with Gasteiger partial charge in [0.1, 0.15) is 12.4 Å². The van der Waals surface area contributed by atoms with Crippen molar-refractivity contribution in [2.24, 2.45) is 0 Å². The second kappa shape index (κ2) is 8.53. The van der Waals surface area contributed by atoms with Crippen LogP contribution in [0.1, 0.15) is 31.8 Å². The summed E-state index contributed by atoms with van der Waals surface area (Å²) in [5.74, 6) is 0.187. The number of hydrogen-bond acceptors (Lipinski definition) is 3. The zero-order valence-corrected chi connectivity index (χ0v) is 20.2. The third-order valence-electron chi connectivity index (χ3n) is 4.53. The smallest absolute Gasteiger partial charge is 0.197 e. The molecule has 1 aliphatic rings. The van der Waals surface area contributed by atoms with Crippen LogP contribution in [0.2, 0.25) is 0 Å². The number of ketones is 2. The van der Waals surface area contributed by atoms with Crippen molar-refractivity contribution >= 4 is 72.1 Å². The summed E-state index contributed by atoms with van der Waals surface area (Å²) in [7, 11) is 0. The zero-order chi connectivity index (χ0) is 20.5. The summed E-state index contributed by atoms with van der Waals surface area (Å²) in [6.45, 7) is 0.431. The molecule has 0 saturated carbocycles. The van der Waals surface area contributed by atoms with Gasteiger partial charge in [0.15, 0.2) is 11.6 Å². The standard InChI is InChI=1S/C23H13Br2IO3/c24-19-10-14(9-18-21(27)16-3-1-2-4-17(16)22(18)28)11-20(25)23(19)29-12-13-5-7-15(26)8-6-13/h1-11H,12H2. The van der Waals surface area contributed by atoms with Gasteiger partial charge in [-0.3, -0.25) is 9.59 Å². The summed E-state index contributed by atoms with van der Waals surface area (Å²) in [6.07, 6.45) is 1.63. The van der Waals surface area contributed by atoms with Crippen molar-refractivity contribution in [1.82, 2.24) is 0 Å². The van der Waals surface area contributed by atoms with Gasteiger partial charge < -0.3 is 4.74 Å². The van der Waals surface area contributed by atoms with E-state index in [2.05, 4.69) is 54.5 Å². The van der Waals surface area contributed by atoms with Crippen molar-refractivity contribution in [1.29, 1.82) is 0 Å². The highest BCUT2D eigenvalue weighted by Crippen LogP contribution is 2.37. The molecule has 3 aromatic carbocycles. The summed E-state index contributed by atoms with van der Waals surface area (Å²) < 4.78 is 8.60. The molecule has 0 unspecified atom stereocenters. The minimum absolute atomic E-state index is 0.178. The Bertz CT molecular complexity index is 1110. The van der Waals surface area contributed by atoms with Crippen LogP contribution >= 0.6 is 54.5 Å². The van der Waals surface area contributed by atoms with Crippen molar-refractivity contribution in [2.75, 3.05) is 0 Å². The summed E-state index contributed by atoms with van der Waals surface area (Å²) >= 11 is 9.34. The Morgan fingerprint density at radius 3 is 1.97 bits per heavy atom. The van der Waals surface area contributed by atoms with Gasteiger partial charge in [0, 0.05) is 14.7 Å². The average Bonchev–Trinajstić information content (AvgIpc) is 2.94. The quantitative estimate of drug-likeness (QED) is 0.181. The minimum Gasteiger partial charge on any atom is -0.487 e. The van der Waals surface area contributed by atoms with Crippen LogP contribution in [-0.2, 0) is 6.61 Å². The maximum absolute atomic E-state index is 12.6. The fourth-order valence-electron chi connectivity index (χ4n) is 3.11. The molecule has 0 fully saturated rings. The predicted octanol–water partition coefficient (Wildman–Crippen LogP) is 6.86. The first-order chi connectivity index (χ1) is 13.9. The Labute approximate surface area is 198 Å². The third kappa shape index (κ3) is 4.25. The molecule has 29 heavy (non-hydrogen) atoms. The van der Waals surface area contributed by atoms with Crippen LogP contribution in [0.4, 0.5) is 0 Å². The Kier molecular flexibility index (Phi) is 6.03. The largest absolute Gasteiger partial charge is 0.487 e. The maximum atomic E-state index is 12.6. The second-order valence-electron chi connectivity index (χ2n) is 6.49. The van der Waals surface area contributed by atoms with Gasteiger partial charge in [-0.1, -0.05) is 36.4 Å². The molecule has 0 saturated heterocycles. The number of rotatable bonds is 4. The number of Topliss-reactive ketones (excluding diaryl/α,β-unsaturated/α-hetero) is 2. The summed E-state index contributed by atoms with van der Waals surface area (Å²) in [6, 6.07) is 18.7. The molecule has 0 heterocycles. The number of carbonyl (C=O) groups is 2. The molecule has 1 aliphatic carbocycles. The van der Waals surface area contributed by atoms with Gasteiger partial charge >= 0.3 is 0 Å². The molecule has 144 valence electrons. The van der Waals surface area contributed by atoms with E-state index >= 15 is 0 Å². The lowest BCUT2D eigenvalue weighted by atomic mass is 10.1. The number of fused-ring (bicyclic) bond motifs is 1. The number of benzene rings is 3. The highest BCUT2D eigenvalue weighted by atomic mass is 127. The van der Waals surface area contributed by atoms with Gasteiger partial charge in [-0.2, -0.15) is 0 Å². The third-order valence-corrected chi connectivity index (χ3v) is 6.43. The van der Waals surface area contributed by atoms with Gasteiger partial charge in [0.05, 0.1) is 14.5 Å². The lowest BCUT2D eigenvalue weighted by Gasteiger charge is -2.12. The van der Waals surface area contributed by atoms with E-state index in [1.807, 2.05) is 36.4 Å². The van der Waals surface area contributed by atoms with Crippen molar-refractivity contribution in [2.45, 2.75) is 6.61 Å². The zero-order valence-electron chi connectivity index (χ0n) is 14.9. The van der Waals surface area contributed by atoms with Crippen molar-refractivity contribution in [3.05, 3.63) is 101 Å². The number of ether oxygens (including phenoxy) is 1. The Morgan fingerprint density at radius 1 is 0.862 bits per heavy atom. The number of allylic oxidation sites excluding steroid dienone is 1. The lowest BCUT2D eigenvalue weighted by molar-refractivity contribution is 0.0990. The topological polar surface area (TPSA) is 43.4 Å². The molecule has 0 bridgehead atoms. The molecule has 0 radical (unpaired) electrons. The SMILES string of the molecule is O=C1C(=Cc2cc(Br)c(OCc3ccc(I)cc3)c(Br)c2)C(=O)c2ccccc21. The van der Waals surface area contributed by atoms with E-state index in [1.165, 1.54) is 3.57 Å². The first kappa shape index (κ1) is 20.5. The molecule has 4 rings (SSSR count). The highest BCUT2D eigenvalue weighted by Gasteiger charge is 2.32. The minimum atomic E-state index is -0.239. The van der Waals surface area contributed by atoms with Gasteiger partial charge in [0.25, 0.3) is 0 Å². The summed E-state index contributed by atoms with van der Waals surface area (Å²) in [5.41, 5.74) is 2.89. The second-order valence-corrected chi connectivity index (χ2v) is 9.44. The fraction of sp³-hybridized carbons (Fsp3) is 0.0435. The van der Waals surface area contributed by atoms with Crippen LogP contribution in [0.25, 0.3) is 6.08 Å². The predicted molar refractivity (Wildman–Crippen MR) is 128 cm³/mol. The number of halogens is 3. The molecule has 3 aromatic rings. The van der Waals surface area contributed by atoms with E-state index in [9.17, 15) is 9.59 Å². The molecule has 0 amide bonds. The lowest BCUT2D eigenvalue weighted by Crippen LogP contribution is -2.01. The summed E-state index contributed by atoms with van der Waals surface area (Å²) in [5, 5.41) is 0. The first-order valence-electron chi connectivity index (χ1n) is 8.70. The van der Waals surface area contributed by atoms with Crippen LogP contribution in [0.15, 0.2) is 75.2 Å². The van der Waals surface area contributed by atoms with E-state index in [0.717, 1.165) is 20.1 Å². The number of carbonyl (C=O) groups excluding carboxylic acids is 2. The molecule has 0 aromatic heterocycles. The molecule has 0 N–H and O–H groups in total. The van der Waals surface area contributed by atoms with Crippen molar-refractivity contribution < 1.29 is 14.3 Å². The van der Waals surface area contributed by atoms with Gasteiger partial charge in [-0.15, -0.1) is 0 Å². The van der Waals surface area contributed by atoms with E-state index < -0.39 is 0 Å². The van der Waals surface area contributed by atoms with Crippen LogP contribution in [0, 0.1) is 3.57 Å². The molecule has 0 atom stereocenters. The van der Waals surface area contributed by atoms with Crippen LogP contribution in [0.5, 0.6) is 5.75 Å². The number of hydrogen-bond donors (Lipinski definition) is 0. The van der Waals surface area contributed by atoms with Crippen LogP contribution < -0.4 is 4.74 Å². The van der Waals surface area contributed by atoms with E-state index in [4.69, 9.17) is 4.74 Å².